The van der Waals surface area contributed by atoms with E-state index in [0.717, 1.165) is 35.6 Å². The summed E-state index contributed by atoms with van der Waals surface area (Å²) in [6.45, 7) is 0.862. The summed E-state index contributed by atoms with van der Waals surface area (Å²) >= 11 is 0. The molecule has 0 aliphatic carbocycles. The normalized spacial score (nSPS) is 10.7. The van der Waals surface area contributed by atoms with E-state index in [9.17, 15) is 0 Å². The van der Waals surface area contributed by atoms with E-state index >= 15 is 0 Å². The van der Waals surface area contributed by atoms with Gasteiger partial charge in [0, 0.05) is 41.4 Å². The summed E-state index contributed by atoms with van der Waals surface area (Å²) in [6.07, 6.45) is 6.33. The van der Waals surface area contributed by atoms with Gasteiger partial charge in [-0.1, -0.05) is 18.2 Å². The van der Waals surface area contributed by atoms with E-state index in [1.807, 2.05) is 36.6 Å². The zero-order chi connectivity index (χ0) is 16.9. The molecule has 0 unspecified atom stereocenters. The maximum Gasteiger partial charge on any atom is 0.134 e. The molecule has 0 spiro atoms. The predicted octanol–water partition coefficient (Wildman–Crippen LogP) is 5.23. The predicted molar refractivity (Wildman–Crippen MR) is 102 cm³/mol. The number of furan rings is 1. The van der Waals surface area contributed by atoms with Gasteiger partial charge in [-0.25, -0.2) is 0 Å². The number of para-hydroxylation sites is 1. The van der Waals surface area contributed by atoms with Crippen LogP contribution in [0.5, 0.6) is 0 Å². The molecule has 0 saturated heterocycles. The standard InChI is InChI=1S/C21H19N3O/c1-2-4-21-20(3-1)16(15-25-21)9-14-23-17-5-7-18(8-6-17)24-19-10-12-22-13-11-19/h1-8,10-13,15,23H,9,14H2,(H,22,24). The van der Waals surface area contributed by atoms with Gasteiger partial charge in [-0.05, 0) is 54.4 Å². The summed E-state index contributed by atoms with van der Waals surface area (Å²) in [5, 5.41) is 8.00. The molecule has 4 aromatic rings. The van der Waals surface area contributed by atoms with Gasteiger partial charge in [0.15, 0.2) is 0 Å². The fourth-order valence-electron chi connectivity index (χ4n) is 2.84. The minimum Gasteiger partial charge on any atom is -0.464 e. The molecule has 0 fully saturated rings. The van der Waals surface area contributed by atoms with E-state index in [-0.39, 0.29) is 0 Å². The first-order chi connectivity index (χ1) is 12.4. The molecule has 4 rings (SSSR count). The van der Waals surface area contributed by atoms with E-state index < -0.39 is 0 Å². The number of pyridine rings is 1. The SMILES string of the molecule is c1ccc2c(CCNc3ccc(Nc4ccncc4)cc3)coc2c1. The number of nitrogens with zero attached hydrogens (tertiary/aromatic N) is 1. The summed E-state index contributed by atoms with van der Waals surface area (Å²) < 4.78 is 5.58. The van der Waals surface area contributed by atoms with E-state index in [0.29, 0.717) is 0 Å². The van der Waals surface area contributed by atoms with Crippen LogP contribution in [0.1, 0.15) is 5.56 Å². The summed E-state index contributed by atoms with van der Waals surface area (Å²) in [7, 11) is 0. The van der Waals surface area contributed by atoms with Crippen LogP contribution in [0.15, 0.2) is 83.7 Å². The highest BCUT2D eigenvalue weighted by Crippen LogP contribution is 2.22. The van der Waals surface area contributed by atoms with Crippen LogP contribution in [0.25, 0.3) is 11.0 Å². The van der Waals surface area contributed by atoms with Gasteiger partial charge in [-0.2, -0.15) is 0 Å². The van der Waals surface area contributed by atoms with Crippen molar-refractivity contribution in [2.45, 2.75) is 6.42 Å². The quantitative estimate of drug-likeness (QED) is 0.509. The van der Waals surface area contributed by atoms with Crippen LogP contribution < -0.4 is 10.6 Å². The lowest BCUT2D eigenvalue weighted by Crippen LogP contribution is -2.04. The monoisotopic (exact) mass is 329 g/mol. The van der Waals surface area contributed by atoms with Crippen LogP contribution in [0.2, 0.25) is 0 Å². The van der Waals surface area contributed by atoms with Crippen molar-refractivity contribution >= 4 is 28.0 Å². The maximum atomic E-state index is 5.58. The van der Waals surface area contributed by atoms with Crippen molar-refractivity contribution in [1.82, 2.24) is 4.98 Å². The molecule has 2 N–H and O–H groups in total. The Balaban J connectivity index is 1.34. The van der Waals surface area contributed by atoms with Crippen LogP contribution in [-0.2, 0) is 6.42 Å². The largest absolute Gasteiger partial charge is 0.464 e. The van der Waals surface area contributed by atoms with Gasteiger partial charge >= 0.3 is 0 Å². The maximum absolute atomic E-state index is 5.58. The Kier molecular flexibility index (Phi) is 4.33. The number of nitrogens with one attached hydrogen (secondary N) is 2. The lowest BCUT2D eigenvalue weighted by molar-refractivity contribution is 0.610. The smallest absolute Gasteiger partial charge is 0.134 e. The molecule has 0 aliphatic heterocycles. The van der Waals surface area contributed by atoms with E-state index in [1.54, 1.807) is 12.4 Å². The van der Waals surface area contributed by atoms with E-state index in [1.165, 1.54) is 10.9 Å². The Hall–Kier alpha value is -3.27. The average Bonchev–Trinajstić information content (AvgIpc) is 3.07. The summed E-state index contributed by atoms with van der Waals surface area (Å²) in [5.41, 5.74) is 5.37. The van der Waals surface area contributed by atoms with Gasteiger partial charge < -0.3 is 15.1 Å². The molecule has 0 atom stereocenters. The lowest BCUT2D eigenvalue weighted by Gasteiger charge is -2.09. The van der Waals surface area contributed by atoms with Crippen LogP contribution in [0, 0.1) is 0 Å². The van der Waals surface area contributed by atoms with Gasteiger partial charge in [-0.15, -0.1) is 0 Å². The zero-order valence-electron chi connectivity index (χ0n) is 13.8. The lowest BCUT2D eigenvalue weighted by atomic mass is 10.1. The topological polar surface area (TPSA) is 50.1 Å². The van der Waals surface area contributed by atoms with Gasteiger partial charge in [-0.3, -0.25) is 4.98 Å². The second kappa shape index (κ2) is 7.09. The molecule has 0 radical (unpaired) electrons. The first-order valence-corrected chi connectivity index (χ1v) is 8.34. The van der Waals surface area contributed by atoms with Crippen molar-refractivity contribution in [2.75, 3.05) is 17.2 Å². The third-order valence-corrected chi connectivity index (χ3v) is 4.14. The van der Waals surface area contributed by atoms with Crippen LogP contribution >= 0.6 is 0 Å². The summed E-state index contributed by atoms with van der Waals surface area (Å²) in [5.74, 6) is 0. The average molecular weight is 329 g/mol. The molecule has 4 nitrogen and oxygen atoms in total. The minimum atomic E-state index is 0.862. The highest BCUT2D eigenvalue weighted by molar-refractivity contribution is 5.80. The third kappa shape index (κ3) is 3.63. The Morgan fingerprint density at radius 2 is 1.52 bits per heavy atom. The van der Waals surface area contributed by atoms with Crippen LogP contribution in [0.4, 0.5) is 17.1 Å². The Morgan fingerprint density at radius 1 is 0.800 bits per heavy atom. The van der Waals surface area contributed by atoms with Gasteiger partial charge in [0.2, 0.25) is 0 Å². The summed E-state index contributed by atoms with van der Waals surface area (Å²) in [4.78, 5) is 4.02. The van der Waals surface area contributed by atoms with Crippen molar-refractivity contribution in [1.29, 1.82) is 0 Å². The fourth-order valence-corrected chi connectivity index (χ4v) is 2.84. The highest BCUT2D eigenvalue weighted by Gasteiger charge is 2.04. The number of rotatable bonds is 6. The second-order valence-corrected chi connectivity index (χ2v) is 5.87. The van der Waals surface area contributed by atoms with E-state index in [2.05, 4.69) is 45.9 Å². The fraction of sp³-hybridized carbons (Fsp3) is 0.0952. The van der Waals surface area contributed by atoms with E-state index in [4.69, 9.17) is 4.42 Å². The molecule has 0 bridgehead atoms. The Bertz CT molecular complexity index is 946. The Morgan fingerprint density at radius 3 is 2.36 bits per heavy atom. The zero-order valence-corrected chi connectivity index (χ0v) is 13.8. The van der Waals surface area contributed by atoms with Gasteiger partial charge in [0.25, 0.3) is 0 Å². The molecule has 0 aliphatic rings. The molecule has 4 heteroatoms. The van der Waals surface area contributed by atoms with Crippen molar-refractivity contribution < 1.29 is 4.42 Å². The van der Waals surface area contributed by atoms with Crippen molar-refractivity contribution in [3.05, 3.63) is 84.9 Å². The van der Waals surface area contributed by atoms with Gasteiger partial charge in [0.1, 0.15) is 5.58 Å². The molecule has 2 heterocycles. The minimum absolute atomic E-state index is 0.862. The molecule has 0 amide bonds. The number of fused-ring (bicyclic) bond motifs is 1. The Labute approximate surface area is 146 Å². The molecular weight excluding hydrogens is 310 g/mol. The number of aromatic nitrogens is 1. The third-order valence-electron chi connectivity index (χ3n) is 4.14. The number of hydrogen-bond acceptors (Lipinski definition) is 4. The highest BCUT2D eigenvalue weighted by atomic mass is 16.3. The first-order valence-electron chi connectivity index (χ1n) is 8.34. The van der Waals surface area contributed by atoms with Crippen molar-refractivity contribution in [3.8, 4) is 0 Å². The molecule has 2 aromatic carbocycles. The number of anilines is 3. The van der Waals surface area contributed by atoms with Crippen LogP contribution in [0.3, 0.4) is 0 Å². The van der Waals surface area contributed by atoms with Crippen molar-refractivity contribution in [3.63, 3.8) is 0 Å². The molecule has 25 heavy (non-hydrogen) atoms. The molecule has 2 aromatic heterocycles. The summed E-state index contributed by atoms with van der Waals surface area (Å²) in [6, 6.07) is 20.3. The van der Waals surface area contributed by atoms with Crippen LogP contribution in [-0.4, -0.2) is 11.5 Å². The number of hydrogen-bond donors (Lipinski definition) is 2. The second-order valence-electron chi connectivity index (χ2n) is 5.87. The number of benzene rings is 2. The van der Waals surface area contributed by atoms with Crippen molar-refractivity contribution in [2.24, 2.45) is 0 Å². The molecule has 0 saturated carbocycles. The molecular formula is C21H19N3O. The van der Waals surface area contributed by atoms with Gasteiger partial charge in [0.05, 0.1) is 6.26 Å². The first kappa shape index (κ1) is 15.3. The molecule has 124 valence electrons.